The van der Waals surface area contributed by atoms with Gasteiger partial charge in [-0.2, -0.15) is 0 Å². The maximum absolute atomic E-state index is 6.41. The summed E-state index contributed by atoms with van der Waals surface area (Å²) in [6.45, 7) is 0.582. The first-order valence-corrected chi connectivity index (χ1v) is 7.93. The summed E-state index contributed by atoms with van der Waals surface area (Å²) in [7, 11) is 0. The van der Waals surface area contributed by atoms with Crippen LogP contribution in [0.1, 0.15) is 32.1 Å². The van der Waals surface area contributed by atoms with Crippen LogP contribution in [0.2, 0.25) is 0 Å². The summed E-state index contributed by atoms with van der Waals surface area (Å²) in [6, 6.07) is 7.95. The van der Waals surface area contributed by atoms with Gasteiger partial charge >= 0.3 is 0 Å². The molecule has 5 atom stereocenters. The van der Waals surface area contributed by atoms with Gasteiger partial charge in [-0.3, -0.25) is 0 Å². The largest absolute Gasteiger partial charge is 0.486 e. The lowest BCUT2D eigenvalue weighted by atomic mass is 9.83. The minimum atomic E-state index is 0.00373. The molecule has 5 unspecified atom stereocenters. The first-order chi connectivity index (χ1) is 9.79. The molecule has 1 aliphatic heterocycles. The van der Waals surface area contributed by atoms with Crippen molar-refractivity contribution in [2.24, 2.45) is 23.5 Å². The van der Waals surface area contributed by atoms with Crippen LogP contribution in [-0.4, -0.2) is 18.8 Å². The fourth-order valence-corrected chi connectivity index (χ4v) is 4.41. The average molecular weight is 273 g/mol. The van der Waals surface area contributed by atoms with Crippen LogP contribution in [-0.2, 0) is 0 Å². The molecule has 1 heterocycles. The van der Waals surface area contributed by atoms with Crippen molar-refractivity contribution in [1.29, 1.82) is 0 Å². The Morgan fingerprint density at radius 2 is 2.00 bits per heavy atom. The molecule has 0 saturated heterocycles. The smallest absolute Gasteiger partial charge is 0.161 e. The van der Waals surface area contributed by atoms with Crippen molar-refractivity contribution in [3.8, 4) is 11.5 Å². The van der Waals surface area contributed by atoms with E-state index in [-0.39, 0.29) is 12.1 Å². The van der Waals surface area contributed by atoms with Gasteiger partial charge in [0.1, 0.15) is 12.7 Å². The summed E-state index contributed by atoms with van der Waals surface area (Å²) < 4.78 is 11.8. The van der Waals surface area contributed by atoms with E-state index >= 15 is 0 Å². The molecule has 108 valence electrons. The first-order valence-electron chi connectivity index (χ1n) is 7.93. The van der Waals surface area contributed by atoms with Crippen molar-refractivity contribution in [2.75, 3.05) is 6.61 Å². The highest BCUT2D eigenvalue weighted by atomic mass is 16.6. The molecule has 0 amide bonds. The molecule has 2 saturated carbocycles. The highest BCUT2D eigenvalue weighted by molar-refractivity contribution is 5.40. The van der Waals surface area contributed by atoms with Gasteiger partial charge in [0.2, 0.25) is 0 Å². The van der Waals surface area contributed by atoms with Gasteiger partial charge in [0.05, 0.1) is 0 Å². The van der Waals surface area contributed by atoms with Gasteiger partial charge in [-0.1, -0.05) is 18.6 Å². The normalized spacial score (nSPS) is 36.0. The number of nitrogens with two attached hydrogens (primary N) is 1. The lowest BCUT2D eigenvalue weighted by molar-refractivity contribution is 0.0625. The molecule has 2 aliphatic carbocycles. The van der Waals surface area contributed by atoms with Crippen LogP contribution >= 0.6 is 0 Å². The second-order valence-corrected chi connectivity index (χ2v) is 6.75. The molecular weight excluding hydrogens is 250 g/mol. The van der Waals surface area contributed by atoms with Crippen molar-refractivity contribution in [3.63, 3.8) is 0 Å². The third-order valence-corrected chi connectivity index (χ3v) is 5.47. The Morgan fingerprint density at radius 3 is 2.75 bits per heavy atom. The van der Waals surface area contributed by atoms with Gasteiger partial charge in [-0.05, 0) is 55.6 Å². The van der Waals surface area contributed by atoms with E-state index in [1.165, 1.54) is 25.7 Å². The number of rotatable bonds is 3. The van der Waals surface area contributed by atoms with Crippen LogP contribution in [0.4, 0.5) is 0 Å². The van der Waals surface area contributed by atoms with Crippen LogP contribution in [0.5, 0.6) is 11.5 Å². The van der Waals surface area contributed by atoms with Crippen molar-refractivity contribution in [3.05, 3.63) is 24.3 Å². The minimum Gasteiger partial charge on any atom is -0.486 e. The molecule has 2 N–H and O–H groups in total. The van der Waals surface area contributed by atoms with E-state index in [2.05, 4.69) is 0 Å². The van der Waals surface area contributed by atoms with Crippen LogP contribution in [0, 0.1) is 17.8 Å². The zero-order valence-electron chi connectivity index (χ0n) is 11.8. The molecule has 0 radical (unpaired) electrons. The average Bonchev–Trinajstić information content (AvgIpc) is 3.09. The highest BCUT2D eigenvalue weighted by Gasteiger charge is 2.41. The number of ether oxygens (including phenoxy) is 2. The van der Waals surface area contributed by atoms with E-state index in [1.807, 2.05) is 24.3 Å². The van der Waals surface area contributed by atoms with Crippen LogP contribution in [0.15, 0.2) is 24.3 Å². The zero-order valence-corrected chi connectivity index (χ0v) is 11.8. The van der Waals surface area contributed by atoms with E-state index in [1.54, 1.807) is 0 Å². The standard InChI is InChI=1S/C17H23NO2/c18-14(9-13-8-11-5-6-12(13)7-11)17-10-19-15-3-1-2-4-16(15)20-17/h1-4,11-14,17H,5-10,18H2. The lowest BCUT2D eigenvalue weighted by Crippen LogP contribution is -2.46. The number of hydrogen-bond donors (Lipinski definition) is 1. The van der Waals surface area contributed by atoms with Gasteiger partial charge in [-0.15, -0.1) is 0 Å². The summed E-state index contributed by atoms with van der Waals surface area (Å²) >= 11 is 0. The lowest BCUT2D eigenvalue weighted by Gasteiger charge is -2.33. The summed E-state index contributed by atoms with van der Waals surface area (Å²) in [4.78, 5) is 0. The van der Waals surface area contributed by atoms with E-state index < -0.39 is 0 Å². The Morgan fingerprint density at radius 1 is 1.15 bits per heavy atom. The molecule has 2 fully saturated rings. The van der Waals surface area contributed by atoms with Gasteiger partial charge in [0.15, 0.2) is 11.5 Å². The van der Waals surface area contributed by atoms with Crippen molar-refractivity contribution < 1.29 is 9.47 Å². The summed E-state index contributed by atoms with van der Waals surface area (Å²) in [6.07, 6.45) is 6.81. The molecule has 1 aromatic carbocycles. The Labute approximate surface area is 120 Å². The zero-order chi connectivity index (χ0) is 13.5. The molecule has 3 nitrogen and oxygen atoms in total. The maximum atomic E-state index is 6.41. The fourth-order valence-electron chi connectivity index (χ4n) is 4.41. The molecule has 3 heteroatoms. The maximum Gasteiger partial charge on any atom is 0.161 e. The van der Waals surface area contributed by atoms with Gasteiger partial charge in [0, 0.05) is 6.04 Å². The Balaban J connectivity index is 1.39. The minimum absolute atomic E-state index is 0.00373. The molecule has 2 bridgehead atoms. The van der Waals surface area contributed by atoms with Crippen LogP contribution < -0.4 is 15.2 Å². The molecule has 3 aliphatic rings. The third-order valence-electron chi connectivity index (χ3n) is 5.47. The van der Waals surface area contributed by atoms with E-state index in [4.69, 9.17) is 15.2 Å². The molecule has 0 aromatic heterocycles. The van der Waals surface area contributed by atoms with E-state index in [0.717, 1.165) is 35.7 Å². The molecule has 4 rings (SSSR count). The predicted octanol–water partition coefficient (Wildman–Crippen LogP) is 2.98. The monoisotopic (exact) mass is 273 g/mol. The SMILES string of the molecule is NC(CC1CC2CCC1C2)C1COc2ccccc2O1. The first kappa shape index (κ1) is 12.5. The molecule has 1 aromatic rings. The second-order valence-electron chi connectivity index (χ2n) is 6.75. The van der Waals surface area contributed by atoms with Gasteiger partial charge in [0.25, 0.3) is 0 Å². The van der Waals surface area contributed by atoms with Crippen molar-refractivity contribution >= 4 is 0 Å². The fraction of sp³-hybridized carbons (Fsp3) is 0.647. The predicted molar refractivity (Wildman–Crippen MR) is 77.9 cm³/mol. The van der Waals surface area contributed by atoms with Crippen molar-refractivity contribution in [2.45, 2.75) is 44.2 Å². The summed E-state index contributed by atoms with van der Waals surface area (Å²) in [5.41, 5.74) is 6.41. The quantitative estimate of drug-likeness (QED) is 0.920. The summed E-state index contributed by atoms with van der Waals surface area (Å²) in [5.74, 6) is 4.43. The second kappa shape index (κ2) is 4.96. The van der Waals surface area contributed by atoms with Crippen LogP contribution in [0.3, 0.4) is 0 Å². The third kappa shape index (κ3) is 2.18. The van der Waals surface area contributed by atoms with Gasteiger partial charge < -0.3 is 15.2 Å². The Bertz CT molecular complexity index is 490. The summed E-state index contributed by atoms with van der Waals surface area (Å²) in [5, 5.41) is 0. The Kier molecular flexibility index (Phi) is 3.10. The molecular formula is C17H23NO2. The van der Waals surface area contributed by atoms with E-state index in [0.29, 0.717) is 6.61 Å². The molecule has 0 spiro atoms. The van der Waals surface area contributed by atoms with Crippen molar-refractivity contribution in [1.82, 2.24) is 0 Å². The number of para-hydroxylation sites is 2. The number of hydrogen-bond acceptors (Lipinski definition) is 3. The van der Waals surface area contributed by atoms with E-state index in [9.17, 15) is 0 Å². The van der Waals surface area contributed by atoms with Gasteiger partial charge in [-0.25, -0.2) is 0 Å². The highest BCUT2D eigenvalue weighted by Crippen LogP contribution is 2.50. The topological polar surface area (TPSA) is 44.5 Å². The molecule has 20 heavy (non-hydrogen) atoms. The Hall–Kier alpha value is -1.22. The van der Waals surface area contributed by atoms with Crippen LogP contribution in [0.25, 0.3) is 0 Å². The number of fused-ring (bicyclic) bond motifs is 3. The number of benzene rings is 1.